The van der Waals surface area contributed by atoms with Crippen molar-refractivity contribution in [2.24, 2.45) is 0 Å². The lowest BCUT2D eigenvalue weighted by Gasteiger charge is -2.23. The molecule has 2 unspecified atom stereocenters. The molecule has 0 fully saturated rings. The van der Waals surface area contributed by atoms with E-state index >= 15 is 0 Å². The molecular formula is C21H19NO4S. The second-order valence-electron chi connectivity index (χ2n) is 7.01. The summed E-state index contributed by atoms with van der Waals surface area (Å²) >= 11 is 0. The summed E-state index contributed by atoms with van der Waals surface area (Å²) in [4.78, 5) is 0.271. The maximum Gasteiger partial charge on any atom is 0.268 e. The van der Waals surface area contributed by atoms with Crippen LogP contribution in [0.4, 0.5) is 0 Å². The summed E-state index contributed by atoms with van der Waals surface area (Å²) in [6.45, 7) is 1.94. The summed E-state index contributed by atoms with van der Waals surface area (Å²) < 4.78 is 39.9. The van der Waals surface area contributed by atoms with Crippen LogP contribution in [0.3, 0.4) is 0 Å². The monoisotopic (exact) mass is 381 g/mol. The van der Waals surface area contributed by atoms with E-state index in [1.54, 1.807) is 25.3 Å². The van der Waals surface area contributed by atoms with Crippen LogP contribution in [-0.2, 0) is 21.2 Å². The average molecular weight is 381 g/mol. The fourth-order valence-corrected chi connectivity index (χ4v) is 5.59. The molecule has 5 rings (SSSR count). The largest absolute Gasteiger partial charge is 0.497 e. The van der Waals surface area contributed by atoms with Gasteiger partial charge in [-0.2, -0.15) is 0 Å². The molecule has 0 saturated heterocycles. The zero-order valence-corrected chi connectivity index (χ0v) is 15.9. The number of benzene rings is 2. The number of hydrogen-bond acceptors (Lipinski definition) is 4. The summed E-state index contributed by atoms with van der Waals surface area (Å²) in [5.74, 6) is 0.710. The van der Waals surface area contributed by atoms with E-state index in [2.05, 4.69) is 0 Å². The van der Waals surface area contributed by atoms with Crippen molar-refractivity contribution < 1.29 is 17.9 Å². The number of rotatable bonds is 3. The molecule has 0 amide bonds. The van der Waals surface area contributed by atoms with Gasteiger partial charge < -0.3 is 9.47 Å². The normalized spacial score (nSPS) is 20.8. The molecule has 5 nitrogen and oxygen atoms in total. The standard InChI is InChI=1S/C21H19NO4S/c1-13-3-7-16(8-4-13)27(23,24)22-19-9-5-14(25-2)11-17(19)18-12-15-6-10-20(26-15)21(18)22/h3-11,15,20H,12H2,1-2H3. The van der Waals surface area contributed by atoms with Gasteiger partial charge >= 0.3 is 0 Å². The summed E-state index contributed by atoms with van der Waals surface area (Å²) in [5.41, 5.74) is 3.39. The Hall–Kier alpha value is -2.57. The number of fused-ring (bicyclic) bond motifs is 6. The first-order valence-corrected chi connectivity index (χ1v) is 10.3. The van der Waals surface area contributed by atoms with Gasteiger partial charge in [0.2, 0.25) is 0 Å². The molecule has 2 aliphatic heterocycles. The van der Waals surface area contributed by atoms with Crippen LogP contribution in [0.1, 0.15) is 22.9 Å². The summed E-state index contributed by atoms with van der Waals surface area (Å²) in [6.07, 6.45) is 4.27. The molecule has 0 N–H and O–H groups in total. The average Bonchev–Trinajstić information content (AvgIpc) is 3.21. The van der Waals surface area contributed by atoms with Crippen LogP contribution < -0.4 is 4.74 Å². The first kappa shape index (κ1) is 16.6. The Morgan fingerprint density at radius 2 is 1.89 bits per heavy atom. The van der Waals surface area contributed by atoms with E-state index in [-0.39, 0.29) is 17.1 Å². The van der Waals surface area contributed by atoms with Gasteiger partial charge in [-0.3, -0.25) is 0 Å². The Labute approximate surface area is 157 Å². The molecule has 2 bridgehead atoms. The van der Waals surface area contributed by atoms with E-state index in [0.717, 1.165) is 16.5 Å². The smallest absolute Gasteiger partial charge is 0.268 e. The van der Waals surface area contributed by atoms with Gasteiger partial charge in [0.15, 0.2) is 0 Å². The lowest BCUT2D eigenvalue weighted by atomic mass is 10.0. The third-order valence-corrected chi connectivity index (χ3v) is 7.07. The topological polar surface area (TPSA) is 57.5 Å². The van der Waals surface area contributed by atoms with Crippen LogP contribution in [0, 0.1) is 6.92 Å². The van der Waals surface area contributed by atoms with Crippen molar-refractivity contribution in [1.29, 1.82) is 0 Å². The zero-order chi connectivity index (χ0) is 18.8. The molecule has 0 aliphatic carbocycles. The number of aromatic nitrogens is 1. The fourth-order valence-electron chi connectivity index (χ4n) is 4.00. The van der Waals surface area contributed by atoms with Crippen LogP contribution in [-0.4, -0.2) is 25.6 Å². The van der Waals surface area contributed by atoms with Gasteiger partial charge in [-0.25, -0.2) is 12.4 Å². The second-order valence-corrected chi connectivity index (χ2v) is 8.80. The molecule has 2 aromatic carbocycles. The van der Waals surface area contributed by atoms with E-state index in [0.29, 0.717) is 23.4 Å². The number of aryl methyl sites for hydroxylation is 1. The van der Waals surface area contributed by atoms with Crippen LogP contribution in [0.25, 0.3) is 10.9 Å². The van der Waals surface area contributed by atoms with Crippen LogP contribution in [0.5, 0.6) is 5.75 Å². The number of nitrogens with zero attached hydrogens (tertiary/aromatic N) is 1. The quantitative estimate of drug-likeness (QED) is 0.649. The van der Waals surface area contributed by atoms with Crippen LogP contribution in [0.15, 0.2) is 59.5 Å². The Balaban J connectivity index is 1.84. The van der Waals surface area contributed by atoms with E-state index < -0.39 is 10.0 Å². The van der Waals surface area contributed by atoms with E-state index in [1.807, 2.05) is 43.3 Å². The molecular weight excluding hydrogens is 362 g/mol. The highest BCUT2D eigenvalue weighted by Gasteiger charge is 2.38. The summed E-state index contributed by atoms with van der Waals surface area (Å²) in [7, 11) is -2.15. The van der Waals surface area contributed by atoms with E-state index in [9.17, 15) is 8.42 Å². The highest BCUT2D eigenvalue weighted by Crippen LogP contribution is 2.44. The Morgan fingerprint density at radius 3 is 2.63 bits per heavy atom. The van der Waals surface area contributed by atoms with Crippen molar-refractivity contribution in [1.82, 2.24) is 3.97 Å². The predicted molar refractivity (Wildman–Crippen MR) is 103 cm³/mol. The Morgan fingerprint density at radius 1 is 1.11 bits per heavy atom. The minimum Gasteiger partial charge on any atom is -0.497 e. The van der Waals surface area contributed by atoms with Crippen molar-refractivity contribution in [2.45, 2.75) is 30.4 Å². The maximum atomic E-state index is 13.6. The van der Waals surface area contributed by atoms with Gasteiger partial charge in [-0.05, 0) is 42.8 Å². The highest BCUT2D eigenvalue weighted by molar-refractivity contribution is 7.90. The summed E-state index contributed by atoms with van der Waals surface area (Å²) in [6, 6.07) is 12.5. The maximum absolute atomic E-state index is 13.6. The zero-order valence-electron chi connectivity index (χ0n) is 15.0. The van der Waals surface area contributed by atoms with E-state index in [1.165, 1.54) is 3.97 Å². The third kappa shape index (κ3) is 2.37. The Kier molecular flexibility index (Phi) is 3.51. The molecule has 3 heterocycles. The van der Waals surface area contributed by atoms with E-state index in [4.69, 9.17) is 9.47 Å². The van der Waals surface area contributed by atoms with Gasteiger partial charge in [-0.15, -0.1) is 0 Å². The molecule has 0 radical (unpaired) electrons. The SMILES string of the molecule is COc1ccc2c(c1)c1c(n2S(=O)(=O)c2ccc(C)cc2)C2C=CC(C1)O2. The molecule has 0 saturated carbocycles. The Bertz CT molecular complexity index is 1190. The molecule has 1 aromatic heterocycles. The van der Waals surface area contributed by atoms with Gasteiger partial charge in [-0.1, -0.05) is 29.8 Å². The predicted octanol–water partition coefficient (Wildman–Crippen LogP) is 3.75. The summed E-state index contributed by atoms with van der Waals surface area (Å²) in [5, 5.41) is 0.905. The number of hydrogen-bond donors (Lipinski definition) is 0. The van der Waals surface area contributed by atoms with Crippen molar-refractivity contribution >= 4 is 20.9 Å². The number of methoxy groups -OCH3 is 1. The molecule has 3 aromatic rings. The lowest BCUT2D eigenvalue weighted by Crippen LogP contribution is -2.23. The molecule has 6 heteroatoms. The highest BCUT2D eigenvalue weighted by atomic mass is 32.2. The number of ether oxygens (including phenoxy) is 2. The van der Waals surface area contributed by atoms with Crippen molar-refractivity contribution in [3.8, 4) is 5.75 Å². The third-order valence-electron chi connectivity index (χ3n) is 5.33. The second kappa shape index (κ2) is 5.71. The molecule has 0 spiro atoms. The van der Waals surface area contributed by atoms with Gasteiger partial charge in [0.05, 0.1) is 29.3 Å². The minimum atomic E-state index is -3.76. The molecule has 2 atom stereocenters. The fraction of sp³-hybridized carbons (Fsp3) is 0.238. The molecule has 138 valence electrons. The van der Waals surface area contributed by atoms with Gasteiger partial charge in [0.1, 0.15) is 11.9 Å². The van der Waals surface area contributed by atoms with Crippen molar-refractivity contribution in [3.05, 3.63) is 71.4 Å². The first-order chi connectivity index (χ1) is 13.0. The lowest BCUT2D eigenvalue weighted by molar-refractivity contribution is 0.0456. The van der Waals surface area contributed by atoms with Crippen molar-refractivity contribution in [3.63, 3.8) is 0 Å². The molecule has 27 heavy (non-hydrogen) atoms. The van der Waals surface area contributed by atoms with Gasteiger partial charge in [0.25, 0.3) is 10.0 Å². The van der Waals surface area contributed by atoms with Crippen LogP contribution in [0.2, 0.25) is 0 Å². The van der Waals surface area contributed by atoms with Crippen molar-refractivity contribution in [2.75, 3.05) is 7.11 Å². The minimum absolute atomic E-state index is 0.00479. The van der Waals surface area contributed by atoms with Gasteiger partial charge in [0, 0.05) is 11.8 Å². The van der Waals surface area contributed by atoms with Crippen LogP contribution >= 0.6 is 0 Å². The first-order valence-electron chi connectivity index (χ1n) is 8.86. The molecule has 2 aliphatic rings.